The molecule has 0 saturated heterocycles. The lowest BCUT2D eigenvalue weighted by Gasteiger charge is -2.16. The van der Waals surface area contributed by atoms with Gasteiger partial charge >= 0.3 is 13.2 Å². The molecule has 0 radical (unpaired) electrons. The van der Waals surface area contributed by atoms with E-state index in [1.807, 2.05) is 30.3 Å². The van der Waals surface area contributed by atoms with Crippen molar-refractivity contribution in [3.8, 4) is 28.4 Å². The first kappa shape index (κ1) is 25.9. The predicted octanol–water partition coefficient (Wildman–Crippen LogP) is 6.62. The van der Waals surface area contributed by atoms with Crippen LogP contribution in [0.25, 0.3) is 11.1 Å². The zero-order valence-electron chi connectivity index (χ0n) is 19.7. The van der Waals surface area contributed by atoms with E-state index in [1.165, 1.54) is 18.2 Å². The minimum Gasteiger partial charge on any atom is -0.508 e. The molecule has 0 aliphatic rings. The third kappa shape index (κ3) is 7.42. The fourth-order valence-electron chi connectivity index (χ4n) is 3.94. The SMILES string of the molecule is Oc1ccc(CCc2cnc(CCc3ccncc3)c(-c3ccc(OC(F)F)c(OC(F)F)c3)c2)cc1. The molecule has 9 heteroatoms. The van der Waals surface area contributed by atoms with Crippen LogP contribution in [-0.4, -0.2) is 28.3 Å². The van der Waals surface area contributed by atoms with Crippen LogP contribution in [0.1, 0.15) is 22.4 Å². The van der Waals surface area contributed by atoms with E-state index < -0.39 is 24.7 Å². The van der Waals surface area contributed by atoms with Gasteiger partial charge in [-0.3, -0.25) is 9.97 Å². The van der Waals surface area contributed by atoms with Crippen molar-refractivity contribution < 1.29 is 32.1 Å². The number of halogens is 4. The molecule has 2 aromatic heterocycles. The molecule has 0 aliphatic carbocycles. The molecule has 0 fully saturated rings. The Labute approximate surface area is 211 Å². The van der Waals surface area contributed by atoms with Gasteiger partial charge in [-0.1, -0.05) is 18.2 Å². The maximum Gasteiger partial charge on any atom is 0.387 e. The highest BCUT2D eigenvalue weighted by Gasteiger charge is 2.18. The Bertz CT molecular complexity index is 1300. The first-order valence-electron chi connectivity index (χ1n) is 11.6. The summed E-state index contributed by atoms with van der Waals surface area (Å²) in [6, 6.07) is 16.6. The third-order valence-corrected chi connectivity index (χ3v) is 5.75. The van der Waals surface area contributed by atoms with Crippen molar-refractivity contribution in [1.29, 1.82) is 0 Å². The fourth-order valence-corrected chi connectivity index (χ4v) is 3.94. The topological polar surface area (TPSA) is 64.5 Å². The Kier molecular flexibility index (Phi) is 8.56. The average Bonchev–Trinajstić information content (AvgIpc) is 2.88. The van der Waals surface area contributed by atoms with Crippen LogP contribution in [-0.2, 0) is 25.7 Å². The fraction of sp³-hybridized carbons (Fsp3) is 0.214. The monoisotopic (exact) mass is 512 g/mol. The number of aromatic hydroxyl groups is 1. The molecule has 2 aromatic carbocycles. The molecular weight excluding hydrogens is 488 g/mol. The van der Waals surface area contributed by atoms with Gasteiger partial charge in [-0.2, -0.15) is 17.6 Å². The zero-order valence-corrected chi connectivity index (χ0v) is 19.7. The van der Waals surface area contributed by atoms with E-state index in [2.05, 4.69) is 19.4 Å². The largest absolute Gasteiger partial charge is 0.508 e. The number of benzene rings is 2. The van der Waals surface area contributed by atoms with Crippen molar-refractivity contribution in [3.63, 3.8) is 0 Å². The Morgan fingerprint density at radius 3 is 2.00 bits per heavy atom. The molecule has 0 atom stereocenters. The van der Waals surface area contributed by atoms with Crippen LogP contribution >= 0.6 is 0 Å². The third-order valence-electron chi connectivity index (χ3n) is 5.75. The van der Waals surface area contributed by atoms with E-state index in [0.29, 0.717) is 36.8 Å². The van der Waals surface area contributed by atoms with Crippen LogP contribution < -0.4 is 9.47 Å². The van der Waals surface area contributed by atoms with Crippen LogP contribution in [0.4, 0.5) is 17.6 Å². The number of aryl methyl sites for hydroxylation is 4. The number of rotatable bonds is 11. The summed E-state index contributed by atoms with van der Waals surface area (Å²) < 4.78 is 60.5. The highest BCUT2D eigenvalue weighted by molar-refractivity contribution is 5.70. The van der Waals surface area contributed by atoms with Gasteiger partial charge in [0.15, 0.2) is 11.5 Å². The molecule has 2 heterocycles. The van der Waals surface area contributed by atoms with Gasteiger partial charge in [-0.25, -0.2) is 0 Å². The first-order valence-corrected chi connectivity index (χ1v) is 11.6. The maximum atomic E-state index is 13.0. The predicted molar refractivity (Wildman–Crippen MR) is 130 cm³/mol. The van der Waals surface area contributed by atoms with Gasteiger partial charge in [0, 0.05) is 29.8 Å². The summed E-state index contributed by atoms with van der Waals surface area (Å²) >= 11 is 0. The lowest BCUT2D eigenvalue weighted by atomic mass is 9.96. The quantitative estimate of drug-likeness (QED) is 0.229. The molecule has 5 nitrogen and oxygen atoms in total. The summed E-state index contributed by atoms with van der Waals surface area (Å²) in [5.41, 5.74) is 4.88. The summed E-state index contributed by atoms with van der Waals surface area (Å²) in [6.45, 7) is -6.40. The highest BCUT2D eigenvalue weighted by Crippen LogP contribution is 2.36. The van der Waals surface area contributed by atoms with Gasteiger partial charge in [0.1, 0.15) is 5.75 Å². The minimum atomic E-state index is -3.21. The summed E-state index contributed by atoms with van der Waals surface area (Å²) in [5.74, 6) is -0.774. The van der Waals surface area contributed by atoms with Gasteiger partial charge in [0.05, 0.1) is 0 Å². The average molecular weight is 513 g/mol. The van der Waals surface area contributed by atoms with E-state index in [-0.39, 0.29) is 5.75 Å². The number of hydrogen-bond acceptors (Lipinski definition) is 5. The number of alkyl halides is 4. The summed E-state index contributed by atoms with van der Waals surface area (Å²) in [5, 5.41) is 9.49. The summed E-state index contributed by atoms with van der Waals surface area (Å²) in [6.07, 6.45) is 7.73. The Hall–Kier alpha value is -4.14. The highest BCUT2D eigenvalue weighted by atomic mass is 19.3. The van der Waals surface area contributed by atoms with Crippen molar-refractivity contribution in [2.24, 2.45) is 0 Å². The van der Waals surface area contributed by atoms with Crippen molar-refractivity contribution >= 4 is 0 Å². The van der Waals surface area contributed by atoms with Crippen molar-refractivity contribution in [2.45, 2.75) is 38.9 Å². The number of nitrogens with zero attached hydrogens (tertiary/aromatic N) is 2. The second kappa shape index (κ2) is 12.2. The second-order valence-electron chi connectivity index (χ2n) is 8.28. The Morgan fingerprint density at radius 1 is 0.676 bits per heavy atom. The number of ether oxygens (including phenoxy) is 2. The summed E-state index contributed by atoms with van der Waals surface area (Å²) in [7, 11) is 0. The van der Waals surface area contributed by atoms with Crippen molar-refractivity contribution in [3.05, 3.63) is 102 Å². The minimum absolute atomic E-state index is 0.187. The van der Waals surface area contributed by atoms with E-state index >= 15 is 0 Å². The van der Waals surface area contributed by atoms with E-state index in [9.17, 15) is 22.7 Å². The van der Waals surface area contributed by atoms with E-state index in [4.69, 9.17) is 0 Å². The Morgan fingerprint density at radius 2 is 1.30 bits per heavy atom. The summed E-state index contributed by atoms with van der Waals surface area (Å²) in [4.78, 5) is 8.68. The van der Waals surface area contributed by atoms with Crippen LogP contribution in [0, 0.1) is 0 Å². The lowest BCUT2D eigenvalue weighted by Crippen LogP contribution is -2.08. The maximum absolute atomic E-state index is 13.0. The van der Waals surface area contributed by atoms with Gasteiger partial charge in [0.25, 0.3) is 0 Å². The Balaban J connectivity index is 1.66. The van der Waals surface area contributed by atoms with E-state index in [1.54, 1.807) is 30.7 Å². The number of hydrogen-bond donors (Lipinski definition) is 1. The molecule has 0 amide bonds. The van der Waals surface area contributed by atoms with Crippen LogP contribution in [0.2, 0.25) is 0 Å². The molecule has 37 heavy (non-hydrogen) atoms. The van der Waals surface area contributed by atoms with Gasteiger partial charge in [-0.15, -0.1) is 0 Å². The first-order chi connectivity index (χ1) is 17.9. The number of aromatic nitrogens is 2. The standard InChI is InChI=1S/C28H24F4N2O3/c29-27(30)36-25-10-6-21(16-26(25)37-28(31)32)23-15-20(2-1-18-3-7-22(35)8-4-18)17-34-24(23)9-5-19-11-13-33-14-12-19/h3-4,6-8,10-17,27-28,35H,1-2,5,9H2. The van der Waals surface area contributed by atoms with Crippen LogP contribution in [0.5, 0.6) is 17.2 Å². The smallest absolute Gasteiger partial charge is 0.387 e. The molecular formula is C28H24F4N2O3. The zero-order chi connectivity index (χ0) is 26.2. The van der Waals surface area contributed by atoms with Crippen LogP contribution in [0.15, 0.2) is 79.3 Å². The molecule has 1 N–H and O–H groups in total. The lowest BCUT2D eigenvalue weighted by molar-refractivity contribution is -0.0691. The molecule has 4 aromatic rings. The second-order valence-corrected chi connectivity index (χ2v) is 8.28. The molecule has 0 unspecified atom stereocenters. The van der Waals surface area contributed by atoms with Gasteiger partial charge < -0.3 is 14.6 Å². The van der Waals surface area contributed by atoms with Crippen molar-refractivity contribution in [2.75, 3.05) is 0 Å². The molecule has 0 bridgehead atoms. The van der Waals surface area contributed by atoms with Crippen LogP contribution in [0.3, 0.4) is 0 Å². The molecule has 0 spiro atoms. The molecule has 0 aliphatic heterocycles. The van der Waals surface area contributed by atoms with Gasteiger partial charge in [-0.05, 0) is 90.4 Å². The number of phenols is 1. The van der Waals surface area contributed by atoms with E-state index in [0.717, 1.165) is 22.4 Å². The number of phenolic OH excluding ortho intramolecular Hbond substituents is 1. The number of pyridine rings is 2. The molecule has 4 rings (SSSR count). The molecule has 192 valence electrons. The molecule has 0 saturated carbocycles. The van der Waals surface area contributed by atoms with Gasteiger partial charge in [0.2, 0.25) is 0 Å². The van der Waals surface area contributed by atoms with Crippen molar-refractivity contribution in [1.82, 2.24) is 9.97 Å². The normalized spacial score (nSPS) is 11.2.